The second kappa shape index (κ2) is 8.42. The molecule has 5 rings (SSSR count). The first-order valence-corrected chi connectivity index (χ1v) is 11.2. The number of pyridine rings is 2. The minimum Gasteiger partial charge on any atom is -0.492 e. The van der Waals surface area contributed by atoms with Crippen LogP contribution in [0, 0.1) is 5.92 Å². The van der Waals surface area contributed by atoms with Gasteiger partial charge < -0.3 is 15.0 Å². The maximum atomic E-state index is 13.0. The topological polar surface area (TPSA) is 67.0 Å². The van der Waals surface area contributed by atoms with Crippen LogP contribution in [-0.2, 0) is 0 Å². The smallest absolute Gasteiger partial charge is 0.260 e. The molecule has 0 aliphatic carbocycles. The van der Waals surface area contributed by atoms with Gasteiger partial charge in [-0.2, -0.15) is 0 Å². The van der Waals surface area contributed by atoms with Gasteiger partial charge >= 0.3 is 0 Å². The van der Waals surface area contributed by atoms with Gasteiger partial charge in [0.25, 0.3) is 5.56 Å². The lowest BCUT2D eigenvalue weighted by Gasteiger charge is -2.23. The van der Waals surface area contributed by atoms with Crippen molar-refractivity contribution in [3.05, 3.63) is 70.6 Å². The van der Waals surface area contributed by atoms with E-state index in [0.717, 1.165) is 52.8 Å². The molecule has 1 fully saturated rings. The molecule has 0 bridgehead atoms. The molecule has 0 amide bonds. The van der Waals surface area contributed by atoms with E-state index in [0.29, 0.717) is 23.8 Å². The summed E-state index contributed by atoms with van der Waals surface area (Å²) in [5.41, 5.74) is 3.38. The van der Waals surface area contributed by atoms with Crippen LogP contribution in [0.4, 0.5) is 0 Å². The average Bonchev–Trinajstić information content (AvgIpc) is 3.32. The Hall–Kier alpha value is -2.96. The van der Waals surface area contributed by atoms with Gasteiger partial charge in [-0.1, -0.05) is 18.2 Å². The summed E-state index contributed by atoms with van der Waals surface area (Å²) in [4.78, 5) is 21.2. The molecule has 1 aliphatic rings. The van der Waals surface area contributed by atoms with E-state index < -0.39 is 0 Å². The van der Waals surface area contributed by atoms with E-state index in [-0.39, 0.29) is 5.56 Å². The molecule has 2 N–H and O–H groups in total. The number of nitrogens with one attached hydrogen (secondary N) is 2. The zero-order valence-electron chi connectivity index (χ0n) is 16.6. The molecule has 5 nitrogen and oxygen atoms in total. The van der Waals surface area contributed by atoms with Gasteiger partial charge in [-0.05, 0) is 67.1 Å². The minimum absolute atomic E-state index is 0.112. The Morgan fingerprint density at radius 2 is 2.00 bits per heavy atom. The first kappa shape index (κ1) is 19.0. The second-order valence-corrected chi connectivity index (χ2v) is 8.59. The molecule has 1 saturated heterocycles. The van der Waals surface area contributed by atoms with Crippen molar-refractivity contribution < 1.29 is 4.74 Å². The predicted octanol–water partition coefficient (Wildman–Crippen LogP) is 4.70. The number of piperidine rings is 1. The Morgan fingerprint density at radius 1 is 1.10 bits per heavy atom. The first-order chi connectivity index (χ1) is 14.8. The van der Waals surface area contributed by atoms with Crippen LogP contribution in [0.5, 0.6) is 5.75 Å². The van der Waals surface area contributed by atoms with Crippen LogP contribution < -0.4 is 15.6 Å². The summed E-state index contributed by atoms with van der Waals surface area (Å²) in [6.45, 7) is 2.66. The Kier molecular flexibility index (Phi) is 5.34. The molecular weight excluding hydrogens is 394 g/mol. The van der Waals surface area contributed by atoms with Crippen molar-refractivity contribution in [1.29, 1.82) is 0 Å². The number of benzene rings is 1. The lowest BCUT2D eigenvalue weighted by molar-refractivity contribution is 0.217. The number of ether oxygens (including phenoxy) is 1. The SMILES string of the molecule is O=c1[nH]c2ccc(-c3cccnc3)cc2c(OCC2CCNCC2)c1-c1cccs1. The lowest BCUT2D eigenvalue weighted by atomic mass is 9.99. The van der Waals surface area contributed by atoms with Gasteiger partial charge in [0, 0.05) is 28.2 Å². The van der Waals surface area contributed by atoms with Crippen LogP contribution in [0.25, 0.3) is 32.5 Å². The molecule has 30 heavy (non-hydrogen) atoms. The highest BCUT2D eigenvalue weighted by Crippen LogP contribution is 2.37. The van der Waals surface area contributed by atoms with E-state index >= 15 is 0 Å². The molecule has 1 aromatic carbocycles. The van der Waals surface area contributed by atoms with E-state index in [1.54, 1.807) is 17.5 Å². The Balaban J connectivity index is 1.64. The first-order valence-electron chi connectivity index (χ1n) is 10.3. The summed E-state index contributed by atoms with van der Waals surface area (Å²) >= 11 is 1.55. The molecule has 4 aromatic rings. The average molecular weight is 418 g/mol. The summed E-state index contributed by atoms with van der Waals surface area (Å²) in [5.74, 6) is 1.18. The van der Waals surface area contributed by atoms with Crippen molar-refractivity contribution in [3.63, 3.8) is 0 Å². The largest absolute Gasteiger partial charge is 0.492 e. The fraction of sp³-hybridized carbons (Fsp3) is 0.250. The van der Waals surface area contributed by atoms with E-state index in [1.165, 1.54) is 0 Å². The molecule has 3 aromatic heterocycles. The number of thiophene rings is 1. The highest BCUT2D eigenvalue weighted by atomic mass is 32.1. The van der Waals surface area contributed by atoms with Gasteiger partial charge in [0.1, 0.15) is 5.75 Å². The summed E-state index contributed by atoms with van der Waals surface area (Å²) in [6, 6.07) is 14.0. The maximum absolute atomic E-state index is 13.0. The normalized spacial score (nSPS) is 14.8. The lowest BCUT2D eigenvalue weighted by Crippen LogP contribution is -2.30. The monoisotopic (exact) mass is 417 g/mol. The molecule has 152 valence electrons. The Bertz CT molecular complexity index is 1200. The molecule has 0 spiro atoms. The van der Waals surface area contributed by atoms with Crippen molar-refractivity contribution >= 4 is 22.2 Å². The molecular formula is C24H23N3O2S. The fourth-order valence-corrected chi connectivity index (χ4v) is 4.79. The van der Waals surface area contributed by atoms with Crippen molar-refractivity contribution in [2.24, 2.45) is 5.92 Å². The Labute approximate surface area is 178 Å². The summed E-state index contributed by atoms with van der Waals surface area (Å²) < 4.78 is 6.43. The molecule has 1 aliphatic heterocycles. The van der Waals surface area contributed by atoms with Crippen LogP contribution in [-0.4, -0.2) is 29.7 Å². The van der Waals surface area contributed by atoms with Gasteiger partial charge in [-0.3, -0.25) is 9.78 Å². The van der Waals surface area contributed by atoms with E-state index in [2.05, 4.69) is 21.4 Å². The number of hydrogen-bond acceptors (Lipinski definition) is 5. The number of nitrogens with zero attached hydrogens (tertiary/aromatic N) is 1. The van der Waals surface area contributed by atoms with Gasteiger partial charge in [-0.15, -0.1) is 11.3 Å². The molecule has 0 atom stereocenters. The predicted molar refractivity (Wildman–Crippen MR) is 122 cm³/mol. The number of hydrogen-bond donors (Lipinski definition) is 2. The number of aromatic amines is 1. The zero-order chi connectivity index (χ0) is 20.3. The van der Waals surface area contributed by atoms with Crippen LogP contribution in [0.1, 0.15) is 12.8 Å². The number of H-pyrrole nitrogens is 1. The van der Waals surface area contributed by atoms with E-state index in [1.807, 2.05) is 48.0 Å². The molecule has 4 heterocycles. The van der Waals surface area contributed by atoms with Crippen LogP contribution in [0.15, 0.2) is 65.0 Å². The number of fused-ring (bicyclic) bond motifs is 1. The third-order valence-electron chi connectivity index (χ3n) is 5.65. The van der Waals surface area contributed by atoms with Crippen molar-refractivity contribution in [3.8, 4) is 27.3 Å². The summed E-state index contributed by atoms with van der Waals surface area (Å²) in [6.07, 6.45) is 5.81. The highest BCUT2D eigenvalue weighted by molar-refractivity contribution is 7.13. The molecule has 0 unspecified atom stereocenters. The quantitative estimate of drug-likeness (QED) is 0.494. The zero-order valence-corrected chi connectivity index (χ0v) is 17.4. The molecule has 6 heteroatoms. The standard InChI is InChI=1S/C24H23N3O2S/c28-24-22(21-4-2-12-30-21)23(29-15-16-7-10-25-11-8-16)19-13-17(5-6-20(19)27-24)18-3-1-9-26-14-18/h1-6,9,12-14,16,25H,7-8,10-11,15H2,(H,27,28). The maximum Gasteiger partial charge on any atom is 0.260 e. The third-order valence-corrected chi connectivity index (χ3v) is 6.54. The summed E-state index contributed by atoms with van der Waals surface area (Å²) in [7, 11) is 0. The number of aromatic nitrogens is 2. The van der Waals surface area contributed by atoms with Gasteiger partial charge in [0.05, 0.1) is 17.7 Å². The van der Waals surface area contributed by atoms with Gasteiger partial charge in [-0.25, -0.2) is 0 Å². The minimum atomic E-state index is -0.112. The van der Waals surface area contributed by atoms with Crippen molar-refractivity contribution in [2.75, 3.05) is 19.7 Å². The van der Waals surface area contributed by atoms with Gasteiger partial charge in [0.15, 0.2) is 0 Å². The third kappa shape index (κ3) is 3.76. The van der Waals surface area contributed by atoms with Gasteiger partial charge in [0.2, 0.25) is 0 Å². The van der Waals surface area contributed by atoms with E-state index in [9.17, 15) is 4.79 Å². The summed E-state index contributed by atoms with van der Waals surface area (Å²) in [5, 5.41) is 6.31. The van der Waals surface area contributed by atoms with E-state index in [4.69, 9.17) is 4.74 Å². The fourth-order valence-electron chi connectivity index (χ4n) is 4.02. The molecule has 0 saturated carbocycles. The Morgan fingerprint density at radius 3 is 2.77 bits per heavy atom. The number of rotatable bonds is 5. The van der Waals surface area contributed by atoms with Crippen LogP contribution in [0.2, 0.25) is 0 Å². The van der Waals surface area contributed by atoms with Crippen molar-refractivity contribution in [1.82, 2.24) is 15.3 Å². The molecule has 0 radical (unpaired) electrons. The van der Waals surface area contributed by atoms with Crippen LogP contribution in [0.3, 0.4) is 0 Å². The second-order valence-electron chi connectivity index (χ2n) is 7.64. The van der Waals surface area contributed by atoms with Crippen molar-refractivity contribution in [2.45, 2.75) is 12.8 Å². The highest BCUT2D eigenvalue weighted by Gasteiger charge is 2.20. The van der Waals surface area contributed by atoms with Crippen LogP contribution >= 0.6 is 11.3 Å².